The Bertz CT molecular complexity index is 1090. The quantitative estimate of drug-likeness (QED) is 0.398. The second-order valence-corrected chi connectivity index (χ2v) is 8.44. The van der Waals surface area contributed by atoms with E-state index in [4.69, 9.17) is 10.5 Å². The molecule has 3 rings (SSSR count). The minimum atomic E-state index is -1.39. The number of hydrogen-bond acceptors (Lipinski definition) is 5. The van der Waals surface area contributed by atoms with Crippen LogP contribution in [-0.4, -0.2) is 15.1 Å². The van der Waals surface area contributed by atoms with Gasteiger partial charge in [0, 0.05) is 16.1 Å². The van der Waals surface area contributed by atoms with E-state index >= 15 is 0 Å². The first-order valence-electron chi connectivity index (χ1n) is 9.76. The first-order valence-corrected chi connectivity index (χ1v) is 10.9. The summed E-state index contributed by atoms with van der Waals surface area (Å²) in [5.74, 6) is 0.334. The van der Waals surface area contributed by atoms with Gasteiger partial charge in [0.05, 0.1) is 21.3 Å². The Kier molecular flexibility index (Phi) is 6.90. The number of ketones is 1. The number of hydrogen-bond donors (Lipinski definition) is 2. The molecule has 3 aromatic rings. The number of carbonyl (C=O) groups excluding carboxylic acids is 1. The van der Waals surface area contributed by atoms with E-state index in [-0.39, 0.29) is 18.1 Å². The summed E-state index contributed by atoms with van der Waals surface area (Å²) in [5.41, 5.74) is 8.21. The summed E-state index contributed by atoms with van der Waals surface area (Å²) < 4.78 is 18.9. The zero-order chi connectivity index (χ0) is 21.7. The van der Waals surface area contributed by atoms with Crippen LogP contribution < -0.4 is 10.5 Å². The van der Waals surface area contributed by atoms with Crippen LogP contribution in [0.15, 0.2) is 70.5 Å². The first-order chi connectivity index (χ1) is 14.4. The zero-order valence-corrected chi connectivity index (χ0v) is 17.9. The Morgan fingerprint density at radius 3 is 2.57 bits per heavy atom. The van der Waals surface area contributed by atoms with Gasteiger partial charge in [-0.1, -0.05) is 37.6 Å². The Balaban J connectivity index is 1.83. The molecule has 0 aliphatic carbocycles. The molecule has 0 spiro atoms. The molecular weight excluding hydrogens is 398 g/mol. The Labute approximate surface area is 179 Å². The molecule has 0 heterocycles. The third-order valence-corrected chi connectivity index (χ3v) is 6.20. The number of Topliss-reactive ketones (excluding diaryl/α,β-unsaturated/α-hetero) is 1. The lowest BCUT2D eigenvalue weighted by atomic mass is 10.0. The summed E-state index contributed by atoms with van der Waals surface area (Å²) in [6, 6.07) is 17.7. The monoisotopic (exact) mass is 423 g/mol. The third kappa shape index (κ3) is 4.71. The van der Waals surface area contributed by atoms with Crippen molar-refractivity contribution in [3.05, 3.63) is 77.4 Å². The molecule has 0 aromatic heterocycles. The Morgan fingerprint density at radius 1 is 1.10 bits per heavy atom. The summed E-state index contributed by atoms with van der Waals surface area (Å²) in [4.78, 5) is 12.9. The fraction of sp³-hybridized carbons (Fsp3) is 0.208. The van der Waals surface area contributed by atoms with Crippen LogP contribution in [0, 0.1) is 0 Å². The van der Waals surface area contributed by atoms with Gasteiger partial charge in [-0.25, -0.2) is 4.21 Å². The number of nitrogens with two attached hydrogens (primary N) is 1. The van der Waals surface area contributed by atoms with Crippen LogP contribution in [0.5, 0.6) is 11.5 Å². The number of phenolic OH excluding ortho intramolecular Hbond substituents is 1. The van der Waals surface area contributed by atoms with Gasteiger partial charge < -0.3 is 15.6 Å². The highest BCUT2D eigenvalue weighted by Gasteiger charge is 2.16. The Morgan fingerprint density at radius 2 is 1.87 bits per heavy atom. The van der Waals surface area contributed by atoms with Crippen molar-refractivity contribution in [1.29, 1.82) is 0 Å². The van der Waals surface area contributed by atoms with Gasteiger partial charge in [-0.05, 0) is 55.3 Å². The number of benzene rings is 3. The molecule has 1 unspecified atom stereocenters. The maximum Gasteiger partial charge on any atom is 0.163 e. The van der Waals surface area contributed by atoms with E-state index in [2.05, 4.69) is 0 Å². The van der Waals surface area contributed by atoms with Crippen LogP contribution in [0.2, 0.25) is 0 Å². The van der Waals surface area contributed by atoms with E-state index < -0.39 is 10.8 Å². The molecule has 0 aliphatic heterocycles. The first kappa shape index (κ1) is 21.6. The van der Waals surface area contributed by atoms with Crippen LogP contribution in [0.1, 0.15) is 41.8 Å². The fourth-order valence-corrected chi connectivity index (χ4v) is 4.42. The number of carbonyl (C=O) groups is 1. The summed E-state index contributed by atoms with van der Waals surface area (Å²) in [6.45, 7) is 3.67. The van der Waals surface area contributed by atoms with E-state index in [0.717, 1.165) is 12.0 Å². The molecule has 6 heteroatoms. The van der Waals surface area contributed by atoms with Gasteiger partial charge in [0.25, 0.3) is 0 Å². The third-order valence-electron chi connectivity index (χ3n) is 4.74. The van der Waals surface area contributed by atoms with Crippen molar-refractivity contribution in [2.75, 3.05) is 5.73 Å². The minimum absolute atomic E-state index is 0.0174. The number of para-hydroxylation sites is 1. The van der Waals surface area contributed by atoms with Crippen molar-refractivity contribution in [2.24, 2.45) is 0 Å². The zero-order valence-electron chi connectivity index (χ0n) is 17.1. The van der Waals surface area contributed by atoms with Gasteiger partial charge in [0.2, 0.25) is 0 Å². The molecule has 0 saturated carbocycles. The number of rotatable bonds is 8. The summed E-state index contributed by atoms with van der Waals surface area (Å²) in [5, 5.41) is 10.5. The number of aromatic hydroxyl groups is 1. The molecule has 0 aliphatic rings. The molecule has 0 fully saturated rings. The van der Waals surface area contributed by atoms with Gasteiger partial charge in [-0.2, -0.15) is 0 Å². The largest absolute Gasteiger partial charge is 0.507 e. The van der Waals surface area contributed by atoms with E-state index in [1.54, 1.807) is 36.4 Å². The summed E-state index contributed by atoms with van der Waals surface area (Å²) in [7, 11) is -1.39. The van der Waals surface area contributed by atoms with Gasteiger partial charge in [-0.15, -0.1) is 0 Å². The molecule has 30 heavy (non-hydrogen) atoms. The molecule has 5 nitrogen and oxygen atoms in total. The van der Waals surface area contributed by atoms with Crippen LogP contribution in [0.3, 0.4) is 0 Å². The average Bonchev–Trinajstić information content (AvgIpc) is 2.74. The van der Waals surface area contributed by atoms with E-state index in [0.29, 0.717) is 38.8 Å². The highest BCUT2D eigenvalue weighted by atomic mass is 32.2. The molecule has 0 bridgehead atoms. The number of nitrogen functional groups attached to an aromatic ring is 1. The van der Waals surface area contributed by atoms with Crippen molar-refractivity contribution in [3.63, 3.8) is 0 Å². The van der Waals surface area contributed by atoms with Crippen LogP contribution in [0.4, 0.5) is 5.69 Å². The van der Waals surface area contributed by atoms with Crippen LogP contribution in [-0.2, 0) is 23.8 Å². The normalized spacial score (nSPS) is 11.8. The van der Waals surface area contributed by atoms with Gasteiger partial charge in [0.15, 0.2) is 5.78 Å². The predicted octanol–water partition coefficient (Wildman–Crippen LogP) is 4.88. The number of anilines is 1. The van der Waals surface area contributed by atoms with E-state index in [9.17, 15) is 14.1 Å². The van der Waals surface area contributed by atoms with Gasteiger partial charge in [-0.3, -0.25) is 4.79 Å². The molecule has 0 amide bonds. The van der Waals surface area contributed by atoms with Crippen molar-refractivity contribution in [3.8, 4) is 11.5 Å². The minimum Gasteiger partial charge on any atom is -0.507 e. The Hall–Kier alpha value is -3.12. The van der Waals surface area contributed by atoms with Crippen molar-refractivity contribution in [1.82, 2.24) is 0 Å². The standard InChI is InChI=1S/C24H25NO4S/c1-3-7-20-22(13-12-19(16(2)26)24(20)27)29-15-17-8-6-9-18(14-17)30(28)23-11-5-4-10-21(23)25/h4-6,8-14,27H,3,7,15,25H2,1-2H3. The number of ether oxygens (including phenoxy) is 1. The predicted molar refractivity (Wildman–Crippen MR) is 118 cm³/mol. The molecule has 0 saturated heterocycles. The topological polar surface area (TPSA) is 89.6 Å². The van der Waals surface area contributed by atoms with Crippen LogP contribution >= 0.6 is 0 Å². The highest BCUT2D eigenvalue weighted by Crippen LogP contribution is 2.33. The lowest BCUT2D eigenvalue weighted by Gasteiger charge is -2.15. The SMILES string of the molecule is CCCc1c(OCc2cccc(S(=O)c3ccccc3N)c2)ccc(C(C)=O)c1O. The average molecular weight is 424 g/mol. The second-order valence-electron chi connectivity index (χ2n) is 6.99. The van der Waals surface area contributed by atoms with E-state index in [1.165, 1.54) is 6.92 Å². The second kappa shape index (κ2) is 9.59. The summed E-state index contributed by atoms with van der Waals surface area (Å²) >= 11 is 0. The lowest BCUT2D eigenvalue weighted by Crippen LogP contribution is -2.03. The van der Waals surface area contributed by atoms with Crippen molar-refractivity contribution < 1.29 is 18.8 Å². The van der Waals surface area contributed by atoms with Gasteiger partial charge in [0.1, 0.15) is 18.1 Å². The maximum absolute atomic E-state index is 12.9. The van der Waals surface area contributed by atoms with Gasteiger partial charge >= 0.3 is 0 Å². The summed E-state index contributed by atoms with van der Waals surface area (Å²) in [6.07, 6.45) is 1.40. The maximum atomic E-state index is 12.9. The van der Waals surface area contributed by atoms with Crippen LogP contribution in [0.25, 0.3) is 0 Å². The molecule has 0 radical (unpaired) electrons. The number of phenols is 1. The smallest absolute Gasteiger partial charge is 0.163 e. The van der Waals surface area contributed by atoms with E-state index in [1.807, 2.05) is 31.2 Å². The molecule has 1 atom stereocenters. The lowest BCUT2D eigenvalue weighted by molar-refractivity contribution is 0.101. The molecule has 156 valence electrons. The van der Waals surface area contributed by atoms with Crippen molar-refractivity contribution in [2.45, 2.75) is 43.1 Å². The molecular formula is C24H25NO4S. The van der Waals surface area contributed by atoms with Crippen molar-refractivity contribution >= 4 is 22.3 Å². The fourth-order valence-electron chi connectivity index (χ4n) is 3.22. The molecule has 3 aromatic carbocycles. The highest BCUT2D eigenvalue weighted by molar-refractivity contribution is 7.85. The molecule has 3 N–H and O–H groups in total.